The standard InChI is InChI=1S/C24H21ClN4O4/c1-16-7-5-6-10-20(16)28-23(31)24(32)29-26-14-17-11-12-21(19(25)13-17)33-15-22(30)27-18-8-3-2-4-9-18/h2-14H,15H2,1H3,(H,27,30)(H,28,31)(H,29,32)/b26-14-. The molecule has 3 amide bonds. The number of hydrogen-bond donors (Lipinski definition) is 3. The maximum atomic E-state index is 12.0. The minimum Gasteiger partial charge on any atom is -0.482 e. The van der Waals surface area contributed by atoms with E-state index in [9.17, 15) is 14.4 Å². The van der Waals surface area contributed by atoms with Crippen molar-refractivity contribution in [1.82, 2.24) is 5.43 Å². The Kier molecular flexibility index (Phi) is 8.15. The lowest BCUT2D eigenvalue weighted by atomic mass is 10.2. The van der Waals surface area contributed by atoms with Gasteiger partial charge in [0.15, 0.2) is 6.61 Å². The molecule has 0 heterocycles. The van der Waals surface area contributed by atoms with Crippen LogP contribution in [0.1, 0.15) is 11.1 Å². The second-order valence-electron chi connectivity index (χ2n) is 6.86. The number of aryl methyl sites for hydroxylation is 1. The molecule has 0 radical (unpaired) electrons. The van der Waals surface area contributed by atoms with Gasteiger partial charge in [0.2, 0.25) is 0 Å². The lowest BCUT2D eigenvalue weighted by molar-refractivity contribution is -0.136. The predicted molar refractivity (Wildman–Crippen MR) is 128 cm³/mol. The number of hydrazone groups is 1. The molecule has 0 aliphatic rings. The summed E-state index contributed by atoms with van der Waals surface area (Å²) >= 11 is 6.20. The number of rotatable bonds is 7. The van der Waals surface area contributed by atoms with E-state index in [4.69, 9.17) is 16.3 Å². The summed E-state index contributed by atoms with van der Waals surface area (Å²) in [6.45, 7) is 1.60. The van der Waals surface area contributed by atoms with Crippen molar-refractivity contribution >= 4 is 46.9 Å². The summed E-state index contributed by atoms with van der Waals surface area (Å²) in [4.78, 5) is 35.9. The molecule has 3 N–H and O–H groups in total. The molecule has 3 aromatic rings. The molecule has 33 heavy (non-hydrogen) atoms. The Hall–Kier alpha value is -4.17. The number of nitrogens with one attached hydrogen (secondary N) is 3. The zero-order valence-corrected chi connectivity index (χ0v) is 18.4. The molecule has 0 aliphatic heterocycles. The van der Waals surface area contributed by atoms with E-state index < -0.39 is 11.8 Å². The van der Waals surface area contributed by atoms with Gasteiger partial charge in [-0.05, 0) is 54.4 Å². The highest BCUT2D eigenvalue weighted by Gasteiger charge is 2.13. The number of anilines is 2. The van der Waals surface area contributed by atoms with Crippen LogP contribution in [0.25, 0.3) is 0 Å². The third-order valence-electron chi connectivity index (χ3n) is 4.35. The van der Waals surface area contributed by atoms with Crippen molar-refractivity contribution in [2.24, 2.45) is 5.10 Å². The molecule has 0 saturated heterocycles. The smallest absolute Gasteiger partial charge is 0.329 e. The van der Waals surface area contributed by atoms with Crippen molar-refractivity contribution < 1.29 is 19.1 Å². The van der Waals surface area contributed by atoms with Gasteiger partial charge in [-0.1, -0.05) is 48.0 Å². The van der Waals surface area contributed by atoms with Gasteiger partial charge in [0, 0.05) is 11.4 Å². The Morgan fingerprint density at radius 2 is 1.67 bits per heavy atom. The van der Waals surface area contributed by atoms with Crippen LogP contribution in [0.15, 0.2) is 77.9 Å². The van der Waals surface area contributed by atoms with E-state index in [1.807, 2.05) is 37.3 Å². The third-order valence-corrected chi connectivity index (χ3v) is 4.65. The van der Waals surface area contributed by atoms with Crippen LogP contribution in [0.2, 0.25) is 5.02 Å². The molecule has 0 unspecified atom stereocenters. The van der Waals surface area contributed by atoms with Crippen molar-refractivity contribution in [3.8, 4) is 5.75 Å². The lowest BCUT2D eigenvalue weighted by Gasteiger charge is -2.09. The number of benzene rings is 3. The van der Waals surface area contributed by atoms with Gasteiger partial charge >= 0.3 is 11.8 Å². The summed E-state index contributed by atoms with van der Waals surface area (Å²) in [6.07, 6.45) is 1.33. The number of carbonyl (C=O) groups excluding carboxylic acids is 3. The maximum Gasteiger partial charge on any atom is 0.329 e. The van der Waals surface area contributed by atoms with Crippen molar-refractivity contribution in [3.63, 3.8) is 0 Å². The minimum atomic E-state index is -0.912. The Labute approximate surface area is 195 Å². The number of ether oxygens (including phenoxy) is 1. The molecule has 0 aromatic heterocycles. The Morgan fingerprint density at radius 1 is 0.939 bits per heavy atom. The van der Waals surface area contributed by atoms with Gasteiger partial charge in [-0.15, -0.1) is 0 Å². The number of amides is 3. The van der Waals surface area contributed by atoms with E-state index in [1.54, 1.807) is 42.5 Å². The fraction of sp³-hybridized carbons (Fsp3) is 0.0833. The summed E-state index contributed by atoms with van der Waals surface area (Å²) in [6, 6.07) is 20.9. The summed E-state index contributed by atoms with van der Waals surface area (Å²) in [7, 11) is 0. The largest absolute Gasteiger partial charge is 0.482 e. The number of para-hydroxylation sites is 2. The zero-order chi connectivity index (χ0) is 23.6. The second kappa shape index (κ2) is 11.4. The van der Waals surface area contributed by atoms with E-state index in [-0.39, 0.29) is 17.5 Å². The SMILES string of the molecule is Cc1ccccc1NC(=O)C(=O)N/N=C\c1ccc(OCC(=O)Nc2ccccc2)c(Cl)c1. The number of carbonyl (C=O) groups is 3. The molecule has 9 heteroatoms. The fourth-order valence-corrected chi connectivity index (χ4v) is 2.93. The summed E-state index contributed by atoms with van der Waals surface area (Å²) in [5.41, 5.74) is 4.75. The van der Waals surface area contributed by atoms with E-state index in [0.29, 0.717) is 22.7 Å². The van der Waals surface area contributed by atoms with Gasteiger partial charge in [-0.3, -0.25) is 14.4 Å². The van der Waals surface area contributed by atoms with Gasteiger partial charge in [0.05, 0.1) is 11.2 Å². The summed E-state index contributed by atoms with van der Waals surface area (Å²) in [5, 5.41) is 9.26. The Morgan fingerprint density at radius 3 is 2.39 bits per heavy atom. The van der Waals surface area contributed by atoms with Crippen molar-refractivity contribution in [2.45, 2.75) is 6.92 Å². The number of halogens is 1. The summed E-state index contributed by atoms with van der Waals surface area (Å²) < 4.78 is 5.46. The first-order chi connectivity index (χ1) is 15.9. The van der Waals surface area contributed by atoms with E-state index in [2.05, 4.69) is 21.2 Å². The van der Waals surface area contributed by atoms with E-state index >= 15 is 0 Å². The fourth-order valence-electron chi connectivity index (χ4n) is 2.68. The van der Waals surface area contributed by atoms with Crippen LogP contribution in [-0.2, 0) is 14.4 Å². The van der Waals surface area contributed by atoms with Gasteiger partial charge in [0.25, 0.3) is 5.91 Å². The lowest BCUT2D eigenvalue weighted by Crippen LogP contribution is -2.32. The molecular weight excluding hydrogens is 444 g/mol. The highest BCUT2D eigenvalue weighted by Crippen LogP contribution is 2.25. The molecule has 8 nitrogen and oxygen atoms in total. The Balaban J connectivity index is 1.49. The molecule has 0 bridgehead atoms. The first kappa shape index (κ1) is 23.5. The van der Waals surface area contributed by atoms with Gasteiger partial charge in [-0.2, -0.15) is 5.10 Å². The highest BCUT2D eigenvalue weighted by molar-refractivity contribution is 6.39. The molecule has 168 valence electrons. The average molecular weight is 465 g/mol. The molecule has 0 atom stereocenters. The first-order valence-electron chi connectivity index (χ1n) is 9.89. The highest BCUT2D eigenvalue weighted by atomic mass is 35.5. The van der Waals surface area contributed by atoms with E-state index in [0.717, 1.165) is 5.56 Å². The number of nitrogens with zero attached hydrogens (tertiary/aromatic N) is 1. The molecule has 3 rings (SSSR count). The van der Waals surface area contributed by atoms with Gasteiger partial charge in [0.1, 0.15) is 5.75 Å². The molecule has 0 saturated carbocycles. The quantitative estimate of drug-likeness (QED) is 0.281. The predicted octanol–water partition coefficient (Wildman–Crippen LogP) is 3.75. The zero-order valence-electron chi connectivity index (χ0n) is 17.7. The van der Waals surface area contributed by atoms with Crippen molar-refractivity contribution in [3.05, 3.63) is 88.9 Å². The molecular formula is C24H21ClN4O4. The molecule has 0 fully saturated rings. The van der Waals surface area contributed by atoms with E-state index in [1.165, 1.54) is 6.21 Å². The topological polar surface area (TPSA) is 109 Å². The molecule has 3 aromatic carbocycles. The normalized spacial score (nSPS) is 10.5. The number of hydrogen-bond acceptors (Lipinski definition) is 5. The van der Waals surface area contributed by atoms with Crippen LogP contribution in [0.4, 0.5) is 11.4 Å². The van der Waals surface area contributed by atoms with Crippen LogP contribution in [0, 0.1) is 6.92 Å². The molecule has 0 aliphatic carbocycles. The van der Waals surface area contributed by atoms with Crippen molar-refractivity contribution in [1.29, 1.82) is 0 Å². The summed E-state index contributed by atoms with van der Waals surface area (Å²) in [5.74, 6) is -1.75. The van der Waals surface area contributed by atoms with Gasteiger partial charge in [-0.25, -0.2) is 5.43 Å². The Bertz CT molecular complexity index is 1180. The maximum absolute atomic E-state index is 12.0. The van der Waals surface area contributed by atoms with Gasteiger partial charge < -0.3 is 15.4 Å². The van der Waals surface area contributed by atoms with Crippen LogP contribution in [-0.4, -0.2) is 30.5 Å². The van der Waals surface area contributed by atoms with Crippen LogP contribution in [0.3, 0.4) is 0 Å². The minimum absolute atomic E-state index is 0.214. The van der Waals surface area contributed by atoms with Crippen LogP contribution >= 0.6 is 11.6 Å². The molecule has 0 spiro atoms. The average Bonchev–Trinajstić information content (AvgIpc) is 2.80. The first-order valence-corrected chi connectivity index (χ1v) is 10.3. The second-order valence-corrected chi connectivity index (χ2v) is 7.27. The van der Waals surface area contributed by atoms with Crippen LogP contribution < -0.4 is 20.8 Å². The van der Waals surface area contributed by atoms with Crippen LogP contribution in [0.5, 0.6) is 5.75 Å². The monoisotopic (exact) mass is 464 g/mol. The third kappa shape index (κ3) is 7.19. The van der Waals surface area contributed by atoms with Crippen molar-refractivity contribution in [2.75, 3.05) is 17.2 Å².